The number of nitrogens with one attached hydrogen (secondary N) is 1. The van der Waals surface area contributed by atoms with Gasteiger partial charge in [-0.05, 0) is 48.9 Å². The van der Waals surface area contributed by atoms with Gasteiger partial charge in [0.05, 0.1) is 11.5 Å². The molecule has 0 bridgehead atoms. The number of hydrogen-bond donors (Lipinski definition) is 2. The monoisotopic (exact) mass is 297 g/mol. The largest absolute Gasteiger partial charge is 0.392 e. The molecule has 0 aromatic heterocycles. The molecule has 4 nitrogen and oxygen atoms in total. The van der Waals surface area contributed by atoms with E-state index in [0.29, 0.717) is 11.5 Å². The quantitative estimate of drug-likeness (QED) is 0.811. The fourth-order valence-electron chi connectivity index (χ4n) is 2.50. The summed E-state index contributed by atoms with van der Waals surface area (Å²) >= 11 is 0. The Morgan fingerprint density at radius 2 is 2.05 bits per heavy atom. The fraction of sp³-hybridized carbons (Fsp3) is 0.600. The van der Waals surface area contributed by atoms with Crippen molar-refractivity contribution < 1.29 is 13.5 Å². The Kier molecular flexibility index (Phi) is 4.83. The maximum absolute atomic E-state index is 12.3. The third-order valence-electron chi connectivity index (χ3n) is 3.78. The summed E-state index contributed by atoms with van der Waals surface area (Å²) in [6.45, 7) is 3.76. The third kappa shape index (κ3) is 3.81. The lowest BCUT2D eigenvalue weighted by molar-refractivity contribution is 0.280. The molecule has 20 heavy (non-hydrogen) atoms. The van der Waals surface area contributed by atoms with Gasteiger partial charge in [-0.2, -0.15) is 0 Å². The molecule has 1 aromatic rings. The van der Waals surface area contributed by atoms with Gasteiger partial charge in [0, 0.05) is 6.04 Å². The normalized spacial score (nSPS) is 17.1. The van der Waals surface area contributed by atoms with E-state index >= 15 is 0 Å². The molecule has 0 heterocycles. The number of rotatable bonds is 7. The summed E-state index contributed by atoms with van der Waals surface area (Å²) < 4.78 is 27.4. The molecule has 1 fully saturated rings. The third-order valence-corrected chi connectivity index (χ3v) is 5.37. The Bertz CT molecular complexity index is 564. The zero-order valence-electron chi connectivity index (χ0n) is 12.1. The van der Waals surface area contributed by atoms with Crippen molar-refractivity contribution in [2.24, 2.45) is 5.92 Å². The van der Waals surface area contributed by atoms with Crippen molar-refractivity contribution in [3.05, 3.63) is 29.3 Å². The number of aliphatic hydroxyl groups is 1. The van der Waals surface area contributed by atoms with Gasteiger partial charge >= 0.3 is 0 Å². The second-order valence-corrected chi connectivity index (χ2v) is 7.36. The Morgan fingerprint density at radius 3 is 2.60 bits per heavy atom. The molecule has 5 heteroatoms. The molecule has 1 saturated carbocycles. The predicted molar refractivity (Wildman–Crippen MR) is 78.9 cm³/mol. The molecule has 0 aliphatic heterocycles. The fourth-order valence-corrected chi connectivity index (χ4v) is 3.80. The van der Waals surface area contributed by atoms with E-state index in [4.69, 9.17) is 0 Å². The van der Waals surface area contributed by atoms with Crippen molar-refractivity contribution in [2.75, 3.05) is 0 Å². The summed E-state index contributed by atoms with van der Waals surface area (Å²) in [5, 5.41) is 9.33. The molecule has 1 aliphatic carbocycles. The summed E-state index contributed by atoms with van der Waals surface area (Å²) in [6, 6.07) is 4.93. The Hall–Kier alpha value is -0.910. The molecule has 0 saturated heterocycles. The average Bonchev–Trinajstić information content (AvgIpc) is 3.20. The molecule has 0 spiro atoms. The van der Waals surface area contributed by atoms with E-state index in [0.717, 1.165) is 18.4 Å². The first kappa shape index (κ1) is 15.5. The van der Waals surface area contributed by atoms with Gasteiger partial charge in [0.1, 0.15) is 0 Å². The van der Waals surface area contributed by atoms with Gasteiger partial charge in [0.2, 0.25) is 10.0 Å². The molecule has 1 unspecified atom stereocenters. The first-order chi connectivity index (χ1) is 9.46. The topological polar surface area (TPSA) is 66.4 Å². The number of hydrogen-bond acceptors (Lipinski definition) is 3. The molecule has 0 amide bonds. The predicted octanol–water partition coefficient (Wildman–Crippen LogP) is 2.21. The van der Waals surface area contributed by atoms with Gasteiger partial charge < -0.3 is 5.11 Å². The first-order valence-corrected chi connectivity index (χ1v) is 8.69. The maximum atomic E-state index is 12.3. The van der Waals surface area contributed by atoms with Crippen molar-refractivity contribution in [1.82, 2.24) is 4.72 Å². The lowest BCUT2D eigenvalue weighted by atomic mass is 10.1. The van der Waals surface area contributed by atoms with Crippen LogP contribution < -0.4 is 4.72 Å². The average molecular weight is 297 g/mol. The van der Waals surface area contributed by atoms with Crippen LogP contribution in [0.4, 0.5) is 0 Å². The number of benzene rings is 1. The Labute approximate surface area is 121 Å². The second-order valence-electron chi connectivity index (χ2n) is 5.64. The van der Waals surface area contributed by atoms with E-state index in [9.17, 15) is 13.5 Å². The summed E-state index contributed by atoms with van der Waals surface area (Å²) in [5.41, 5.74) is 1.67. The van der Waals surface area contributed by atoms with E-state index in [1.807, 2.05) is 13.8 Å². The minimum Gasteiger partial charge on any atom is -0.392 e. The molecule has 112 valence electrons. The van der Waals surface area contributed by atoms with Crippen LogP contribution in [0.5, 0.6) is 0 Å². The van der Waals surface area contributed by atoms with Crippen LogP contribution in [-0.4, -0.2) is 19.6 Å². The van der Waals surface area contributed by atoms with Crippen LogP contribution in [0.1, 0.15) is 44.2 Å². The van der Waals surface area contributed by atoms with Gasteiger partial charge in [-0.3, -0.25) is 0 Å². The van der Waals surface area contributed by atoms with Crippen LogP contribution in [0.25, 0.3) is 0 Å². The summed E-state index contributed by atoms with van der Waals surface area (Å²) in [7, 11) is -3.50. The van der Waals surface area contributed by atoms with Gasteiger partial charge in [0.15, 0.2) is 0 Å². The minimum absolute atomic E-state index is 0.0454. The van der Waals surface area contributed by atoms with E-state index in [1.165, 1.54) is 12.8 Å². The van der Waals surface area contributed by atoms with E-state index in [1.54, 1.807) is 18.2 Å². The van der Waals surface area contributed by atoms with Gasteiger partial charge in [-0.25, -0.2) is 13.1 Å². The Morgan fingerprint density at radius 1 is 1.35 bits per heavy atom. The van der Waals surface area contributed by atoms with E-state index in [-0.39, 0.29) is 17.5 Å². The van der Waals surface area contributed by atoms with Crippen molar-refractivity contribution in [3.63, 3.8) is 0 Å². The number of aliphatic hydroxyl groups excluding tert-OH is 1. The lowest BCUT2D eigenvalue weighted by Gasteiger charge is -2.15. The summed E-state index contributed by atoms with van der Waals surface area (Å²) in [6.07, 6.45) is 4.11. The van der Waals surface area contributed by atoms with Gasteiger partial charge in [0.25, 0.3) is 0 Å². The van der Waals surface area contributed by atoms with Crippen LogP contribution in [0.15, 0.2) is 23.1 Å². The van der Waals surface area contributed by atoms with Crippen LogP contribution in [0.2, 0.25) is 0 Å². The SMILES string of the molecule is CCc1ccc(S(=O)(=O)NC(C)CC2CC2)cc1CO. The van der Waals surface area contributed by atoms with E-state index < -0.39 is 10.0 Å². The summed E-state index contributed by atoms with van der Waals surface area (Å²) in [4.78, 5) is 0.237. The lowest BCUT2D eigenvalue weighted by Crippen LogP contribution is -2.33. The standard InChI is InChI=1S/C15H23NO3S/c1-3-13-6-7-15(9-14(13)10-17)20(18,19)16-11(2)8-12-4-5-12/h6-7,9,11-12,16-17H,3-5,8,10H2,1-2H3. The summed E-state index contributed by atoms with van der Waals surface area (Å²) in [5.74, 6) is 0.683. The highest BCUT2D eigenvalue weighted by molar-refractivity contribution is 7.89. The highest BCUT2D eigenvalue weighted by atomic mass is 32.2. The van der Waals surface area contributed by atoms with E-state index in [2.05, 4.69) is 4.72 Å². The van der Waals surface area contributed by atoms with Gasteiger partial charge in [-0.1, -0.05) is 25.8 Å². The molecule has 1 aliphatic rings. The van der Waals surface area contributed by atoms with Gasteiger partial charge in [-0.15, -0.1) is 0 Å². The van der Waals surface area contributed by atoms with Crippen LogP contribution in [-0.2, 0) is 23.1 Å². The number of aryl methyl sites for hydroxylation is 1. The zero-order valence-corrected chi connectivity index (χ0v) is 12.9. The minimum atomic E-state index is -3.50. The maximum Gasteiger partial charge on any atom is 0.240 e. The molecule has 2 N–H and O–H groups in total. The second kappa shape index (κ2) is 6.24. The smallest absolute Gasteiger partial charge is 0.240 e. The molecular formula is C15H23NO3S. The van der Waals surface area contributed by atoms with Crippen molar-refractivity contribution in [2.45, 2.75) is 57.1 Å². The van der Waals surface area contributed by atoms with Crippen molar-refractivity contribution in [3.8, 4) is 0 Å². The van der Waals surface area contributed by atoms with Crippen LogP contribution >= 0.6 is 0 Å². The van der Waals surface area contributed by atoms with Crippen LogP contribution in [0, 0.1) is 5.92 Å². The van der Waals surface area contributed by atoms with Crippen molar-refractivity contribution >= 4 is 10.0 Å². The zero-order chi connectivity index (χ0) is 14.8. The molecule has 0 radical (unpaired) electrons. The number of sulfonamides is 1. The molecular weight excluding hydrogens is 274 g/mol. The first-order valence-electron chi connectivity index (χ1n) is 7.21. The van der Waals surface area contributed by atoms with Crippen LogP contribution in [0.3, 0.4) is 0 Å². The molecule has 2 rings (SSSR count). The highest BCUT2D eigenvalue weighted by Gasteiger charge is 2.26. The van der Waals surface area contributed by atoms with Crippen molar-refractivity contribution in [1.29, 1.82) is 0 Å². The Balaban J connectivity index is 2.15. The highest BCUT2D eigenvalue weighted by Crippen LogP contribution is 2.33. The molecule has 1 aromatic carbocycles. The molecule has 1 atom stereocenters.